The number of nitrogens with zero attached hydrogens (tertiary/aromatic N) is 2. The molecular weight excluding hydrogens is 246 g/mol. The number of aromatic nitrogens is 2. The molecule has 0 atom stereocenters. The van der Waals surface area contributed by atoms with E-state index in [0.29, 0.717) is 6.54 Å². The van der Waals surface area contributed by atoms with Gasteiger partial charge in [0.05, 0.1) is 23.4 Å². The molecule has 0 radical (unpaired) electrons. The van der Waals surface area contributed by atoms with E-state index in [2.05, 4.69) is 15.3 Å². The van der Waals surface area contributed by atoms with Crippen molar-refractivity contribution < 1.29 is 4.74 Å². The van der Waals surface area contributed by atoms with Crippen LogP contribution in [0.5, 0.6) is 5.75 Å². The SMILES string of the molecule is Cc1nc(CNc2ncccc2OC(C)C)cs1. The van der Waals surface area contributed by atoms with E-state index in [1.54, 1.807) is 17.5 Å². The summed E-state index contributed by atoms with van der Waals surface area (Å²) in [6.45, 7) is 6.67. The number of nitrogens with one attached hydrogen (secondary N) is 1. The van der Waals surface area contributed by atoms with Gasteiger partial charge in [-0.05, 0) is 32.9 Å². The van der Waals surface area contributed by atoms with Gasteiger partial charge in [0.2, 0.25) is 0 Å². The number of hydrogen-bond acceptors (Lipinski definition) is 5. The molecule has 2 aromatic heterocycles. The molecule has 0 spiro atoms. The van der Waals surface area contributed by atoms with Gasteiger partial charge in [-0.25, -0.2) is 9.97 Å². The molecule has 2 aromatic rings. The number of thiazole rings is 1. The summed E-state index contributed by atoms with van der Waals surface area (Å²) in [7, 11) is 0. The summed E-state index contributed by atoms with van der Waals surface area (Å²) in [4.78, 5) is 8.70. The molecule has 0 saturated carbocycles. The van der Waals surface area contributed by atoms with Crippen LogP contribution in [0.15, 0.2) is 23.7 Å². The van der Waals surface area contributed by atoms with Gasteiger partial charge < -0.3 is 10.1 Å². The van der Waals surface area contributed by atoms with Gasteiger partial charge in [0, 0.05) is 11.6 Å². The Balaban J connectivity index is 2.04. The molecule has 0 aromatic carbocycles. The normalized spacial score (nSPS) is 10.7. The van der Waals surface area contributed by atoms with E-state index < -0.39 is 0 Å². The Kier molecular flexibility index (Phi) is 4.15. The van der Waals surface area contributed by atoms with Gasteiger partial charge in [-0.2, -0.15) is 0 Å². The minimum Gasteiger partial charge on any atom is -0.487 e. The second kappa shape index (κ2) is 5.82. The first kappa shape index (κ1) is 12.8. The first-order chi connectivity index (χ1) is 8.65. The highest BCUT2D eigenvalue weighted by molar-refractivity contribution is 7.09. The smallest absolute Gasteiger partial charge is 0.169 e. The van der Waals surface area contributed by atoms with Crippen LogP contribution < -0.4 is 10.1 Å². The molecule has 0 amide bonds. The van der Waals surface area contributed by atoms with Gasteiger partial charge in [-0.3, -0.25) is 0 Å². The molecule has 2 rings (SSSR count). The molecule has 0 aliphatic heterocycles. The van der Waals surface area contributed by atoms with Crippen LogP contribution in [0.2, 0.25) is 0 Å². The minimum atomic E-state index is 0.135. The Bertz CT molecular complexity index is 510. The molecular formula is C13H17N3OS. The summed E-state index contributed by atoms with van der Waals surface area (Å²) in [5, 5.41) is 6.38. The zero-order chi connectivity index (χ0) is 13.0. The summed E-state index contributed by atoms with van der Waals surface area (Å²) in [5.74, 6) is 1.54. The molecule has 0 aliphatic rings. The van der Waals surface area contributed by atoms with E-state index in [-0.39, 0.29) is 6.10 Å². The third kappa shape index (κ3) is 3.43. The summed E-state index contributed by atoms with van der Waals surface area (Å²) in [5.41, 5.74) is 1.03. The van der Waals surface area contributed by atoms with Crippen LogP contribution in [0.3, 0.4) is 0 Å². The van der Waals surface area contributed by atoms with E-state index in [4.69, 9.17) is 4.74 Å². The molecule has 5 heteroatoms. The van der Waals surface area contributed by atoms with Gasteiger partial charge in [0.25, 0.3) is 0 Å². The Morgan fingerprint density at radius 2 is 2.28 bits per heavy atom. The van der Waals surface area contributed by atoms with Gasteiger partial charge in [-0.15, -0.1) is 11.3 Å². The fourth-order valence-electron chi connectivity index (χ4n) is 1.54. The molecule has 0 bridgehead atoms. The fraction of sp³-hybridized carbons (Fsp3) is 0.385. The summed E-state index contributed by atoms with van der Waals surface area (Å²) < 4.78 is 5.70. The van der Waals surface area contributed by atoms with Crippen molar-refractivity contribution >= 4 is 17.2 Å². The van der Waals surface area contributed by atoms with Gasteiger partial charge in [-0.1, -0.05) is 0 Å². The Morgan fingerprint density at radius 1 is 1.44 bits per heavy atom. The van der Waals surface area contributed by atoms with Crippen molar-refractivity contribution in [2.45, 2.75) is 33.4 Å². The topological polar surface area (TPSA) is 47.0 Å². The van der Waals surface area contributed by atoms with E-state index in [9.17, 15) is 0 Å². The zero-order valence-electron chi connectivity index (χ0n) is 10.8. The van der Waals surface area contributed by atoms with Crippen LogP contribution in [0.25, 0.3) is 0 Å². The van der Waals surface area contributed by atoms with Crippen LogP contribution in [0, 0.1) is 6.92 Å². The summed E-state index contributed by atoms with van der Waals surface area (Å²) in [6.07, 6.45) is 1.89. The summed E-state index contributed by atoms with van der Waals surface area (Å²) in [6, 6.07) is 3.79. The van der Waals surface area contributed by atoms with Crippen molar-refractivity contribution in [1.29, 1.82) is 0 Å². The second-order valence-corrected chi connectivity index (χ2v) is 5.29. The maximum absolute atomic E-state index is 5.70. The van der Waals surface area contributed by atoms with Crippen molar-refractivity contribution in [3.8, 4) is 5.75 Å². The van der Waals surface area contributed by atoms with Crippen LogP contribution >= 0.6 is 11.3 Å². The Morgan fingerprint density at radius 3 is 2.94 bits per heavy atom. The van der Waals surface area contributed by atoms with E-state index in [1.807, 2.05) is 38.3 Å². The molecule has 18 heavy (non-hydrogen) atoms. The predicted octanol–water partition coefficient (Wildman–Crippen LogP) is 3.25. The van der Waals surface area contributed by atoms with Crippen molar-refractivity contribution in [2.75, 3.05) is 5.32 Å². The highest BCUT2D eigenvalue weighted by Gasteiger charge is 2.06. The lowest BCUT2D eigenvalue weighted by Gasteiger charge is -2.13. The average Bonchev–Trinajstić information content (AvgIpc) is 2.73. The van der Waals surface area contributed by atoms with Gasteiger partial charge in [0.1, 0.15) is 0 Å². The lowest BCUT2D eigenvalue weighted by atomic mass is 10.4. The molecule has 0 saturated heterocycles. The number of anilines is 1. The lowest BCUT2D eigenvalue weighted by Crippen LogP contribution is -2.09. The molecule has 0 fully saturated rings. The average molecular weight is 263 g/mol. The Labute approximate surface area is 111 Å². The third-order valence-electron chi connectivity index (χ3n) is 2.24. The fourth-order valence-corrected chi connectivity index (χ4v) is 2.15. The molecule has 0 unspecified atom stereocenters. The quantitative estimate of drug-likeness (QED) is 0.899. The monoisotopic (exact) mass is 263 g/mol. The van der Waals surface area contributed by atoms with E-state index >= 15 is 0 Å². The number of aryl methyl sites for hydroxylation is 1. The maximum Gasteiger partial charge on any atom is 0.169 e. The Hall–Kier alpha value is -1.62. The maximum atomic E-state index is 5.70. The van der Waals surface area contributed by atoms with Gasteiger partial charge in [0.15, 0.2) is 11.6 Å². The van der Waals surface area contributed by atoms with Crippen LogP contribution in [-0.4, -0.2) is 16.1 Å². The van der Waals surface area contributed by atoms with Crippen LogP contribution in [0.4, 0.5) is 5.82 Å². The minimum absolute atomic E-state index is 0.135. The van der Waals surface area contributed by atoms with Crippen molar-refractivity contribution in [1.82, 2.24) is 9.97 Å². The predicted molar refractivity (Wildman–Crippen MR) is 74.2 cm³/mol. The first-order valence-corrected chi connectivity index (χ1v) is 6.79. The molecule has 0 aliphatic carbocycles. The second-order valence-electron chi connectivity index (χ2n) is 4.23. The third-order valence-corrected chi connectivity index (χ3v) is 3.06. The largest absolute Gasteiger partial charge is 0.487 e. The van der Waals surface area contributed by atoms with Crippen LogP contribution in [0.1, 0.15) is 24.5 Å². The van der Waals surface area contributed by atoms with Crippen molar-refractivity contribution in [3.05, 3.63) is 34.4 Å². The summed E-state index contributed by atoms with van der Waals surface area (Å²) >= 11 is 1.65. The number of ether oxygens (including phenoxy) is 1. The van der Waals surface area contributed by atoms with E-state index in [1.165, 1.54) is 0 Å². The van der Waals surface area contributed by atoms with Crippen molar-refractivity contribution in [3.63, 3.8) is 0 Å². The lowest BCUT2D eigenvalue weighted by molar-refractivity contribution is 0.243. The molecule has 4 nitrogen and oxygen atoms in total. The molecule has 96 valence electrons. The number of rotatable bonds is 5. The molecule has 1 N–H and O–H groups in total. The van der Waals surface area contributed by atoms with Crippen molar-refractivity contribution in [2.24, 2.45) is 0 Å². The highest BCUT2D eigenvalue weighted by atomic mass is 32.1. The standard InChI is InChI=1S/C13H17N3OS/c1-9(2)17-12-5-4-6-14-13(12)15-7-11-8-18-10(3)16-11/h4-6,8-9H,7H2,1-3H3,(H,14,15). The van der Waals surface area contributed by atoms with Gasteiger partial charge >= 0.3 is 0 Å². The number of pyridine rings is 1. The van der Waals surface area contributed by atoms with Crippen LogP contribution in [-0.2, 0) is 6.54 Å². The van der Waals surface area contributed by atoms with E-state index in [0.717, 1.165) is 22.3 Å². The number of hydrogen-bond donors (Lipinski definition) is 1. The molecule has 2 heterocycles. The first-order valence-electron chi connectivity index (χ1n) is 5.91. The zero-order valence-corrected chi connectivity index (χ0v) is 11.6. The highest BCUT2D eigenvalue weighted by Crippen LogP contribution is 2.22.